The smallest absolute Gasteiger partial charge is 0.274 e. The van der Waals surface area contributed by atoms with Crippen LogP contribution < -0.4 is 10.6 Å². The number of carbonyl (C=O) groups excluding carboxylic acids is 3. The lowest BCUT2D eigenvalue weighted by molar-refractivity contribution is -0.123. The Labute approximate surface area is 188 Å². The highest BCUT2D eigenvalue weighted by molar-refractivity contribution is 6.11. The molecule has 3 aromatic heterocycles. The van der Waals surface area contributed by atoms with Crippen molar-refractivity contribution < 1.29 is 14.4 Å². The summed E-state index contributed by atoms with van der Waals surface area (Å²) >= 11 is 0. The summed E-state index contributed by atoms with van der Waals surface area (Å²) < 4.78 is 3.23. The molecule has 10 nitrogen and oxygen atoms in total. The Hall–Kier alpha value is -4.47. The Morgan fingerprint density at radius 3 is 2.76 bits per heavy atom. The summed E-state index contributed by atoms with van der Waals surface area (Å²) in [6.45, 7) is 0.706. The van der Waals surface area contributed by atoms with E-state index in [0.717, 1.165) is 11.3 Å². The molecule has 4 heterocycles. The summed E-state index contributed by atoms with van der Waals surface area (Å²) in [5, 5.41) is 9.60. The van der Waals surface area contributed by atoms with Gasteiger partial charge in [-0.1, -0.05) is 30.3 Å². The lowest BCUT2D eigenvalue weighted by Crippen LogP contribution is -2.50. The van der Waals surface area contributed by atoms with Crippen molar-refractivity contribution in [2.45, 2.75) is 0 Å². The van der Waals surface area contributed by atoms with Gasteiger partial charge in [0.2, 0.25) is 5.91 Å². The molecular weight excluding hydrogens is 422 g/mol. The fourth-order valence-electron chi connectivity index (χ4n) is 3.84. The number of aryl methyl sites for hydroxylation is 1. The quantitative estimate of drug-likeness (QED) is 0.497. The fraction of sp³-hybridized carbons (Fsp3) is 0.174. The molecule has 1 fully saturated rings. The standard InChI is InChI=1S/C23H21N7O3/c1-28-21(17(12-25-28)23(33)30-10-8-24-20(31)14-30)22(32)26-16-7-9-29-13-18(27-19(29)11-16)15-5-3-2-4-6-15/h2-7,9,11-13H,8,10,14H2,1H3,(H,24,31)(H,26,32). The van der Waals surface area contributed by atoms with E-state index in [1.54, 1.807) is 19.2 Å². The first-order valence-corrected chi connectivity index (χ1v) is 10.4. The molecule has 1 saturated heterocycles. The van der Waals surface area contributed by atoms with Crippen molar-refractivity contribution >= 4 is 29.1 Å². The minimum absolute atomic E-state index is 0.0465. The molecule has 0 saturated carbocycles. The molecule has 1 aromatic carbocycles. The van der Waals surface area contributed by atoms with Crippen LogP contribution in [0, 0.1) is 0 Å². The second-order valence-electron chi connectivity index (χ2n) is 7.73. The molecule has 0 bridgehead atoms. The first kappa shape index (κ1) is 20.4. The van der Waals surface area contributed by atoms with Crippen molar-refractivity contribution in [2.75, 3.05) is 25.0 Å². The van der Waals surface area contributed by atoms with Crippen molar-refractivity contribution in [1.82, 2.24) is 29.4 Å². The number of benzene rings is 1. The summed E-state index contributed by atoms with van der Waals surface area (Å²) in [4.78, 5) is 43.7. The summed E-state index contributed by atoms with van der Waals surface area (Å²) in [5.41, 5.74) is 3.31. The predicted molar refractivity (Wildman–Crippen MR) is 121 cm³/mol. The van der Waals surface area contributed by atoms with Crippen LogP contribution in [0.3, 0.4) is 0 Å². The monoisotopic (exact) mass is 443 g/mol. The van der Waals surface area contributed by atoms with E-state index in [-0.39, 0.29) is 23.7 Å². The molecule has 3 amide bonds. The number of piperazine rings is 1. The lowest BCUT2D eigenvalue weighted by atomic mass is 10.2. The third kappa shape index (κ3) is 3.93. The van der Waals surface area contributed by atoms with E-state index in [1.165, 1.54) is 15.8 Å². The SMILES string of the molecule is Cn1ncc(C(=O)N2CCNC(=O)C2)c1C(=O)Nc1ccn2cc(-c3ccccc3)nc2c1. The van der Waals surface area contributed by atoms with E-state index in [4.69, 9.17) is 0 Å². The van der Waals surface area contributed by atoms with Gasteiger partial charge in [0.25, 0.3) is 11.8 Å². The van der Waals surface area contributed by atoms with Crippen LogP contribution in [0.2, 0.25) is 0 Å². The minimum Gasteiger partial charge on any atom is -0.353 e. The molecule has 1 aliphatic heterocycles. The van der Waals surface area contributed by atoms with Gasteiger partial charge in [0.05, 0.1) is 24.0 Å². The van der Waals surface area contributed by atoms with Gasteiger partial charge < -0.3 is 19.9 Å². The fourth-order valence-corrected chi connectivity index (χ4v) is 3.84. The molecule has 5 rings (SSSR count). The normalized spacial score (nSPS) is 13.7. The number of hydrogen-bond acceptors (Lipinski definition) is 5. The molecule has 0 unspecified atom stereocenters. The highest BCUT2D eigenvalue weighted by Gasteiger charge is 2.28. The highest BCUT2D eigenvalue weighted by atomic mass is 16.2. The zero-order chi connectivity index (χ0) is 22.9. The maximum Gasteiger partial charge on any atom is 0.274 e. The number of fused-ring (bicyclic) bond motifs is 1. The maximum atomic E-state index is 13.1. The largest absolute Gasteiger partial charge is 0.353 e. The van der Waals surface area contributed by atoms with E-state index < -0.39 is 11.8 Å². The lowest BCUT2D eigenvalue weighted by Gasteiger charge is -2.26. The third-order valence-electron chi connectivity index (χ3n) is 5.50. The number of anilines is 1. The minimum atomic E-state index is -0.473. The Morgan fingerprint density at radius 1 is 1.15 bits per heavy atom. The predicted octanol–water partition coefficient (Wildman–Crippen LogP) is 1.56. The molecule has 0 aliphatic carbocycles. The van der Waals surface area contributed by atoms with Crippen LogP contribution in [0.5, 0.6) is 0 Å². The van der Waals surface area contributed by atoms with Gasteiger partial charge in [-0.25, -0.2) is 4.98 Å². The van der Waals surface area contributed by atoms with E-state index in [9.17, 15) is 14.4 Å². The zero-order valence-electron chi connectivity index (χ0n) is 17.9. The Morgan fingerprint density at radius 2 is 1.97 bits per heavy atom. The van der Waals surface area contributed by atoms with E-state index >= 15 is 0 Å². The number of amides is 3. The number of carbonyl (C=O) groups is 3. The van der Waals surface area contributed by atoms with Gasteiger partial charge in [0, 0.05) is 49.8 Å². The maximum absolute atomic E-state index is 13.1. The van der Waals surface area contributed by atoms with Crippen LogP contribution in [0.4, 0.5) is 5.69 Å². The van der Waals surface area contributed by atoms with Crippen LogP contribution in [0.25, 0.3) is 16.9 Å². The van der Waals surface area contributed by atoms with Crippen LogP contribution in [-0.2, 0) is 11.8 Å². The van der Waals surface area contributed by atoms with Crippen LogP contribution in [0.15, 0.2) is 61.1 Å². The van der Waals surface area contributed by atoms with Crippen molar-refractivity contribution in [3.8, 4) is 11.3 Å². The van der Waals surface area contributed by atoms with E-state index in [1.807, 2.05) is 47.1 Å². The van der Waals surface area contributed by atoms with E-state index in [0.29, 0.717) is 24.4 Å². The number of nitrogens with one attached hydrogen (secondary N) is 2. The topological polar surface area (TPSA) is 114 Å². The van der Waals surface area contributed by atoms with Gasteiger partial charge in [-0.3, -0.25) is 19.1 Å². The Kier molecular flexibility index (Phi) is 5.09. The molecule has 33 heavy (non-hydrogen) atoms. The van der Waals surface area contributed by atoms with Crippen LogP contribution in [-0.4, -0.2) is 61.4 Å². The molecule has 0 spiro atoms. The van der Waals surface area contributed by atoms with Crippen LogP contribution in [0.1, 0.15) is 20.8 Å². The van der Waals surface area contributed by atoms with Gasteiger partial charge in [0.1, 0.15) is 11.3 Å². The molecule has 2 N–H and O–H groups in total. The summed E-state index contributed by atoms with van der Waals surface area (Å²) in [6, 6.07) is 13.3. The summed E-state index contributed by atoms with van der Waals surface area (Å²) in [7, 11) is 1.60. The average Bonchev–Trinajstić information content (AvgIpc) is 3.42. The molecule has 166 valence electrons. The molecule has 0 atom stereocenters. The number of imidazole rings is 1. The van der Waals surface area contributed by atoms with E-state index in [2.05, 4.69) is 20.7 Å². The second kappa shape index (κ2) is 8.23. The Bertz CT molecular complexity index is 1370. The number of aromatic nitrogens is 4. The summed E-state index contributed by atoms with van der Waals surface area (Å²) in [5.74, 6) is -1.11. The van der Waals surface area contributed by atoms with Gasteiger partial charge in [-0.05, 0) is 6.07 Å². The van der Waals surface area contributed by atoms with Crippen LogP contribution >= 0.6 is 0 Å². The van der Waals surface area contributed by atoms with Gasteiger partial charge in [-0.15, -0.1) is 0 Å². The van der Waals surface area contributed by atoms with Crippen molar-refractivity contribution in [2.24, 2.45) is 7.05 Å². The number of hydrogen-bond donors (Lipinski definition) is 2. The molecule has 0 radical (unpaired) electrons. The third-order valence-corrected chi connectivity index (χ3v) is 5.50. The highest BCUT2D eigenvalue weighted by Crippen LogP contribution is 2.21. The molecule has 10 heteroatoms. The summed E-state index contributed by atoms with van der Waals surface area (Å²) in [6.07, 6.45) is 5.09. The number of pyridine rings is 1. The van der Waals surface area contributed by atoms with Crippen molar-refractivity contribution in [1.29, 1.82) is 0 Å². The van der Waals surface area contributed by atoms with Crippen molar-refractivity contribution in [3.63, 3.8) is 0 Å². The molecule has 1 aliphatic rings. The first-order valence-electron chi connectivity index (χ1n) is 10.4. The molecule has 4 aromatic rings. The Balaban J connectivity index is 1.39. The van der Waals surface area contributed by atoms with Crippen molar-refractivity contribution in [3.05, 3.63) is 72.3 Å². The molecular formula is C23H21N7O3. The number of rotatable bonds is 4. The zero-order valence-corrected chi connectivity index (χ0v) is 17.9. The van der Waals surface area contributed by atoms with Gasteiger partial charge in [0.15, 0.2) is 0 Å². The van der Waals surface area contributed by atoms with Gasteiger partial charge >= 0.3 is 0 Å². The number of nitrogens with zero attached hydrogens (tertiary/aromatic N) is 5. The average molecular weight is 443 g/mol. The second-order valence-corrected chi connectivity index (χ2v) is 7.73. The first-order chi connectivity index (χ1) is 16.0. The van der Waals surface area contributed by atoms with Gasteiger partial charge in [-0.2, -0.15) is 5.10 Å².